The fourth-order valence-electron chi connectivity index (χ4n) is 4.08. The minimum atomic E-state index is -0.473. The van der Waals surface area contributed by atoms with Crippen molar-refractivity contribution in [2.45, 2.75) is 32.1 Å². The van der Waals surface area contributed by atoms with Gasteiger partial charge in [0.25, 0.3) is 0 Å². The van der Waals surface area contributed by atoms with Crippen LogP contribution >= 0.6 is 0 Å². The van der Waals surface area contributed by atoms with Gasteiger partial charge in [-0.15, -0.1) is 0 Å². The van der Waals surface area contributed by atoms with Gasteiger partial charge in [-0.25, -0.2) is 0 Å². The number of nitrogens with zero attached hydrogens (tertiary/aromatic N) is 5. The first-order valence-corrected chi connectivity index (χ1v) is 8.89. The first-order chi connectivity index (χ1) is 13.0. The average Bonchev–Trinajstić information content (AvgIpc) is 2.99. The van der Waals surface area contributed by atoms with E-state index in [0.717, 1.165) is 35.5 Å². The Hall–Kier alpha value is -3.40. The van der Waals surface area contributed by atoms with Crippen molar-refractivity contribution in [3.63, 3.8) is 0 Å². The molecule has 27 heavy (non-hydrogen) atoms. The van der Waals surface area contributed by atoms with Crippen LogP contribution in [0.2, 0.25) is 0 Å². The molecule has 1 aliphatic carbocycles. The van der Waals surface area contributed by atoms with Crippen molar-refractivity contribution < 1.29 is 4.79 Å². The molecule has 3 heterocycles. The normalized spacial score (nSPS) is 20.0. The van der Waals surface area contributed by atoms with Crippen LogP contribution in [0.4, 0.5) is 5.69 Å². The molecular formula is C20H20N6O. The molecule has 1 atom stereocenters. The summed E-state index contributed by atoms with van der Waals surface area (Å²) in [6.45, 7) is 1.89. The number of aryl methyl sites for hydroxylation is 2. The summed E-state index contributed by atoms with van der Waals surface area (Å²) in [5, 5.41) is 14.3. The molecule has 7 nitrogen and oxygen atoms in total. The Morgan fingerprint density at radius 1 is 1.37 bits per heavy atom. The van der Waals surface area contributed by atoms with Crippen LogP contribution in [0.25, 0.3) is 0 Å². The lowest BCUT2D eigenvalue weighted by atomic mass is 9.75. The van der Waals surface area contributed by atoms with Gasteiger partial charge in [-0.1, -0.05) is 0 Å². The molecule has 2 aromatic rings. The summed E-state index contributed by atoms with van der Waals surface area (Å²) in [6, 6.07) is 5.96. The number of ketones is 1. The fourth-order valence-corrected chi connectivity index (χ4v) is 4.08. The van der Waals surface area contributed by atoms with Gasteiger partial charge >= 0.3 is 0 Å². The summed E-state index contributed by atoms with van der Waals surface area (Å²) in [5.74, 6) is -0.0507. The minimum absolute atomic E-state index is 0.0682. The number of nitriles is 1. The molecule has 0 bridgehead atoms. The molecule has 0 radical (unpaired) electrons. The summed E-state index contributed by atoms with van der Waals surface area (Å²) in [6.07, 6.45) is 7.22. The van der Waals surface area contributed by atoms with Crippen molar-refractivity contribution in [2.75, 3.05) is 4.90 Å². The number of carbonyl (C=O) groups excluding carboxylic acids is 1. The van der Waals surface area contributed by atoms with E-state index < -0.39 is 5.92 Å². The van der Waals surface area contributed by atoms with E-state index in [-0.39, 0.29) is 5.78 Å². The maximum atomic E-state index is 13.0. The molecule has 2 aromatic heterocycles. The van der Waals surface area contributed by atoms with Crippen LogP contribution in [0.1, 0.15) is 36.4 Å². The van der Waals surface area contributed by atoms with Crippen LogP contribution in [-0.4, -0.2) is 20.5 Å². The number of hydrogen-bond donors (Lipinski definition) is 1. The number of pyridine rings is 1. The highest BCUT2D eigenvalue weighted by Crippen LogP contribution is 2.46. The second kappa shape index (κ2) is 6.40. The predicted molar refractivity (Wildman–Crippen MR) is 100 cm³/mol. The first-order valence-electron chi connectivity index (χ1n) is 8.89. The van der Waals surface area contributed by atoms with E-state index in [2.05, 4.69) is 16.2 Å². The molecular weight excluding hydrogens is 340 g/mol. The van der Waals surface area contributed by atoms with Gasteiger partial charge in [0.2, 0.25) is 0 Å². The molecule has 4 rings (SSSR count). The van der Waals surface area contributed by atoms with Crippen molar-refractivity contribution in [3.05, 3.63) is 64.6 Å². The number of anilines is 1. The Labute approximate surface area is 157 Å². The highest BCUT2D eigenvalue weighted by molar-refractivity contribution is 6.01. The Kier molecular flexibility index (Phi) is 4.04. The fraction of sp³-hybridized carbons (Fsp3) is 0.300. The topological polar surface area (TPSA) is 101 Å². The number of Topliss-reactive ketones (excluding diaryl/α,β-unsaturated/α-hetero) is 1. The zero-order valence-electron chi connectivity index (χ0n) is 15.3. The molecule has 0 unspecified atom stereocenters. The zero-order chi connectivity index (χ0) is 19.1. The lowest BCUT2D eigenvalue weighted by molar-refractivity contribution is -0.116. The smallest absolute Gasteiger partial charge is 0.161 e. The molecule has 0 spiro atoms. The predicted octanol–water partition coefficient (Wildman–Crippen LogP) is 2.43. The van der Waals surface area contributed by atoms with E-state index in [1.807, 2.05) is 37.2 Å². The monoisotopic (exact) mass is 360 g/mol. The van der Waals surface area contributed by atoms with Gasteiger partial charge in [-0.2, -0.15) is 10.4 Å². The quantitative estimate of drug-likeness (QED) is 0.883. The van der Waals surface area contributed by atoms with Gasteiger partial charge in [0.15, 0.2) is 5.78 Å². The highest BCUT2D eigenvalue weighted by atomic mass is 16.1. The van der Waals surface area contributed by atoms with Crippen LogP contribution in [0.15, 0.2) is 53.4 Å². The molecule has 136 valence electrons. The summed E-state index contributed by atoms with van der Waals surface area (Å²) >= 11 is 0. The summed E-state index contributed by atoms with van der Waals surface area (Å²) in [4.78, 5) is 19.0. The van der Waals surface area contributed by atoms with Crippen molar-refractivity contribution in [2.24, 2.45) is 12.8 Å². The van der Waals surface area contributed by atoms with Gasteiger partial charge in [-0.3, -0.25) is 19.4 Å². The molecule has 2 N–H and O–H groups in total. The van der Waals surface area contributed by atoms with Gasteiger partial charge in [-0.05, 0) is 31.9 Å². The number of allylic oxidation sites excluding steroid dienone is 3. The number of rotatable bonds is 2. The molecule has 0 fully saturated rings. The Morgan fingerprint density at radius 3 is 2.81 bits per heavy atom. The molecule has 7 heteroatoms. The molecule has 0 amide bonds. The van der Waals surface area contributed by atoms with E-state index in [4.69, 9.17) is 5.73 Å². The van der Waals surface area contributed by atoms with E-state index in [1.165, 1.54) is 0 Å². The van der Waals surface area contributed by atoms with Gasteiger partial charge in [0, 0.05) is 42.7 Å². The van der Waals surface area contributed by atoms with Crippen LogP contribution in [0.3, 0.4) is 0 Å². The zero-order valence-corrected chi connectivity index (χ0v) is 15.3. The summed E-state index contributed by atoms with van der Waals surface area (Å²) in [7, 11) is 1.83. The van der Waals surface area contributed by atoms with E-state index in [1.54, 1.807) is 17.1 Å². The second-order valence-corrected chi connectivity index (χ2v) is 6.87. The second-order valence-electron chi connectivity index (χ2n) is 6.87. The van der Waals surface area contributed by atoms with E-state index in [9.17, 15) is 10.1 Å². The van der Waals surface area contributed by atoms with Crippen molar-refractivity contribution in [1.29, 1.82) is 5.26 Å². The largest absolute Gasteiger partial charge is 0.384 e. The molecule has 0 aromatic carbocycles. The highest BCUT2D eigenvalue weighted by Gasteiger charge is 2.41. The van der Waals surface area contributed by atoms with Gasteiger partial charge in [0.05, 0.1) is 35.1 Å². The van der Waals surface area contributed by atoms with Crippen molar-refractivity contribution >= 4 is 11.5 Å². The maximum Gasteiger partial charge on any atom is 0.161 e. The van der Waals surface area contributed by atoms with Crippen molar-refractivity contribution in [1.82, 2.24) is 14.8 Å². The SMILES string of the molecule is Cc1nn(C)cc1[C@@H]1C(C#N)=C(N)N(c2cccnc2)C2=C1C(=O)CCC2. The number of carbonyl (C=O) groups is 1. The van der Waals surface area contributed by atoms with Crippen LogP contribution in [0.5, 0.6) is 0 Å². The van der Waals surface area contributed by atoms with Crippen LogP contribution < -0.4 is 10.6 Å². The number of hydrogen-bond acceptors (Lipinski definition) is 6. The van der Waals surface area contributed by atoms with Gasteiger partial charge in [0.1, 0.15) is 5.82 Å². The lowest BCUT2D eigenvalue weighted by Crippen LogP contribution is -2.38. The van der Waals surface area contributed by atoms with E-state index in [0.29, 0.717) is 23.4 Å². The van der Waals surface area contributed by atoms with Crippen LogP contribution in [-0.2, 0) is 11.8 Å². The molecule has 2 aliphatic rings. The van der Waals surface area contributed by atoms with Gasteiger partial charge < -0.3 is 5.73 Å². The third kappa shape index (κ3) is 2.61. The Bertz CT molecular complexity index is 1020. The lowest BCUT2D eigenvalue weighted by Gasteiger charge is -2.39. The number of nitrogens with two attached hydrogens (primary N) is 1. The van der Waals surface area contributed by atoms with Crippen LogP contribution in [0, 0.1) is 18.3 Å². The summed E-state index contributed by atoms with van der Waals surface area (Å²) < 4.78 is 1.71. The molecule has 0 saturated carbocycles. The standard InChI is InChI=1S/C20H20N6O/c1-12-15(11-25(2)24-12)18-14(9-21)20(22)26(13-5-4-8-23-10-13)16-6-3-7-17(27)19(16)18/h4-5,8,10-11,18H,3,6-7,22H2,1-2H3/t18-/m0/s1. The third-order valence-electron chi connectivity index (χ3n) is 5.18. The van der Waals surface area contributed by atoms with E-state index >= 15 is 0 Å². The summed E-state index contributed by atoms with van der Waals surface area (Å²) in [5.41, 5.74) is 10.8. The third-order valence-corrected chi connectivity index (χ3v) is 5.18. The number of aromatic nitrogens is 3. The molecule has 0 saturated heterocycles. The minimum Gasteiger partial charge on any atom is -0.384 e. The van der Waals surface area contributed by atoms with Crippen molar-refractivity contribution in [3.8, 4) is 6.07 Å². The average molecular weight is 360 g/mol. The maximum absolute atomic E-state index is 13.0. The Morgan fingerprint density at radius 2 is 2.19 bits per heavy atom. The first kappa shape index (κ1) is 17.0. The molecule has 1 aliphatic heterocycles. The Balaban J connectivity index is 1.99.